The molecule has 1 saturated heterocycles. The molecule has 2 rings (SSSR count). The predicted octanol–water partition coefficient (Wildman–Crippen LogP) is 3.76. The molecule has 3 nitrogen and oxygen atoms in total. The zero-order chi connectivity index (χ0) is 14.0. The molecule has 0 radical (unpaired) electrons. The fourth-order valence-corrected chi connectivity index (χ4v) is 2.66. The van der Waals surface area contributed by atoms with Gasteiger partial charge in [-0.25, -0.2) is 4.79 Å². The molecule has 0 aromatic heterocycles. The summed E-state index contributed by atoms with van der Waals surface area (Å²) in [6, 6.07) is 7.47. The van der Waals surface area contributed by atoms with Crippen molar-refractivity contribution >= 4 is 17.6 Å². The second-order valence-electron chi connectivity index (χ2n) is 4.84. The number of epoxide rings is 1. The standard InChI is InChI=1S/C15H19ClO3/c1-4-10(3)15(14(17)18-5-2)13(19-15)11-8-6-7-9-12(11)16/h6-10,13H,4-5H2,1-3H3. The van der Waals surface area contributed by atoms with Gasteiger partial charge in [-0.2, -0.15) is 0 Å². The number of rotatable bonds is 5. The van der Waals surface area contributed by atoms with E-state index >= 15 is 0 Å². The lowest BCUT2D eigenvalue weighted by Crippen LogP contribution is -2.34. The molecule has 1 aromatic carbocycles. The molecule has 104 valence electrons. The summed E-state index contributed by atoms with van der Waals surface area (Å²) in [5.74, 6) is -0.193. The van der Waals surface area contributed by atoms with Crippen LogP contribution in [0.15, 0.2) is 24.3 Å². The smallest absolute Gasteiger partial charge is 0.341 e. The average Bonchev–Trinajstić information content (AvgIpc) is 3.15. The molecule has 4 heteroatoms. The van der Waals surface area contributed by atoms with E-state index in [9.17, 15) is 4.79 Å². The molecule has 0 bridgehead atoms. The molecule has 3 atom stereocenters. The number of benzene rings is 1. The van der Waals surface area contributed by atoms with Gasteiger partial charge in [0.1, 0.15) is 6.10 Å². The molecule has 1 fully saturated rings. The highest BCUT2D eigenvalue weighted by molar-refractivity contribution is 6.31. The minimum atomic E-state index is -0.865. The number of hydrogen-bond acceptors (Lipinski definition) is 3. The van der Waals surface area contributed by atoms with Crippen LogP contribution in [0.1, 0.15) is 38.9 Å². The molecule has 1 aliphatic rings. The molecule has 0 N–H and O–H groups in total. The van der Waals surface area contributed by atoms with Gasteiger partial charge >= 0.3 is 5.97 Å². The van der Waals surface area contributed by atoms with Crippen molar-refractivity contribution in [2.45, 2.75) is 38.9 Å². The molecule has 1 heterocycles. The highest BCUT2D eigenvalue weighted by Crippen LogP contribution is 2.57. The van der Waals surface area contributed by atoms with E-state index in [1.807, 2.05) is 38.1 Å². The first-order valence-corrected chi connectivity index (χ1v) is 7.05. The van der Waals surface area contributed by atoms with Gasteiger partial charge in [-0.1, -0.05) is 50.1 Å². The largest absolute Gasteiger partial charge is 0.464 e. The first-order valence-electron chi connectivity index (χ1n) is 6.67. The second-order valence-corrected chi connectivity index (χ2v) is 5.25. The molecule has 19 heavy (non-hydrogen) atoms. The maximum absolute atomic E-state index is 12.2. The number of hydrogen-bond donors (Lipinski definition) is 0. The van der Waals surface area contributed by atoms with Crippen molar-refractivity contribution in [1.82, 2.24) is 0 Å². The monoisotopic (exact) mass is 282 g/mol. The molecule has 1 aliphatic heterocycles. The van der Waals surface area contributed by atoms with E-state index in [0.717, 1.165) is 12.0 Å². The van der Waals surface area contributed by atoms with Gasteiger partial charge in [0.15, 0.2) is 5.60 Å². The van der Waals surface area contributed by atoms with Crippen LogP contribution in [0.5, 0.6) is 0 Å². The van der Waals surface area contributed by atoms with Crippen LogP contribution in [0.3, 0.4) is 0 Å². The van der Waals surface area contributed by atoms with Gasteiger partial charge in [0.2, 0.25) is 0 Å². The average molecular weight is 283 g/mol. The van der Waals surface area contributed by atoms with Crippen LogP contribution in [0.4, 0.5) is 0 Å². The van der Waals surface area contributed by atoms with Gasteiger partial charge in [0.05, 0.1) is 6.61 Å². The van der Waals surface area contributed by atoms with Crippen molar-refractivity contribution in [1.29, 1.82) is 0 Å². The number of ether oxygens (including phenoxy) is 2. The molecular weight excluding hydrogens is 264 g/mol. The van der Waals surface area contributed by atoms with Gasteiger partial charge in [0, 0.05) is 10.6 Å². The Balaban J connectivity index is 2.30. The highest BCUT2D eigenvalue weighted by atomic mass is 35.5. The lowest BCUT2D eigenvalue weighted by molar-refractivity contribution is -0.151. The fourth-order valence-electron chi connectivity index (χ4n) is 2.42. The van der Waals surface area contributed by atoms with E-state index < -0.39 is 5.60 Å². The minimum absolute atomic E-state index is 0.0906. The Morgan fingerprint density at radius 1 is 1.47 bits per heavy atom. The quantitative estimate of drug-likeness (QED) is 0.610. The first kappa shape index (κ1) is 14.4. The van der Waals surface area contributed by atoms with Crippen LogP contribution >= 0.6 is 11.6 Å². The van der Waals surface area contributed by atoms with Gasteiger partial charge in [-0.05, 0) is 18.9 Å². The van der Waals surface area contributed by atoms with Crippen molar-refractivity contribution in [3.8, 4) is 0 Å². The van der Waals surface area contributed by atoms with Gasteiger partial charge in [-0.15, -0.1) is 0 Å². The Bertz CT molecular complexity index is 474. The van der Waals surface area contributed by atoms with Crippen LogP contribution in [0.25, 0.3) is 0 Å². The third-order valence-corrected chi connectivity index (χ3v) is 4.12. The predicted molar refractivity (Wildman–Crippen MR) is 74.1 cm³/mol. The molecule has 0 spiro atoms. The van der Waals surface area contributed by atoms with Crippen LogP contribution in [0.2, 0.25) is 5.02 Å². The van der Waals surface area contributed by atoms with Gasteiger partial charge in [0.25, 0.3) is 0 Å². The summed E-state index contributed by atoms with van der Waals surface area (Å²) < 4.78 is 11.0. The minimum Gasteiger partial charge on any atom is -0.464 e. The first-order chi connectivity index (χ1) is 9.07. The summed E-state index contributed by atoms with van der Waals surface area (Å²) in [4.78, 5) is 12.2. The van der Waals surface area contributed by atoms with Crippen LogP contribution < -0.4 is 0 Å². The third-order valence-electron chi connectivity index (χ3n) is 3.77. The Morgan fingerprint density at radius 3 is 2.74 bits per heavy atom. The summed E-state index contributed by atoms with van der Waals surface area (Å²) in [5.41, 5.74) is -0.00651. The molecule has 1 aromatic rings. The molecule has 0 aliphatic carbocycles. The lowest BCUT2D eigenvalue weighted by atomic mass is 9.86. The SMILES string of the molecule is CCOC(=O)C1(C(C)CC)OC1c1ccccc1Cl. The van der Waals surface area contributed by atoms with E-state index in [0.29, 0.717) is 11.6 Å². The summed E-state index contributed by atoms with van der Waals surface area (Å²) in [5, 5.41) is 0.627. The lowest BCUT2D eigenvalue weighted by Gasteiger charge is -2.18. The summed E-state index contributed by atoms with van der Waals surface area (Å²) in [6.45, 7) is 6.20. The summed E-state index contributed by atoms with van der Waals surface area (Å²) in [7, 11) is 0. The van der Waals surface area contributed by atoms with Crippen LogP contribution in [-0.2, 0) is 14.3 Å². The Labute approximate surface area is 118 Å². The fraction of sp³-hybridized carbons (Fsp3) is 0.533. The van der Waals surface area contributed by atoms with E-state index in [1.54, 1.807) is 6.92 Å². The number of carbonyl (C=O) groups is 1. The molecular formula is C15H19ClO3. The second kappa shape index (κ2) is 5.51. The summed E-state index contributed by atoms with van der Waals surface area (Å²) >= 11 is 6.18. The normalized spacial score (nSPS) is 26.8. The van der Waals surface area contributed by atoms with Crippen molar-refractivity contribution in [2.75, 3.05) is 6.61 Å². The van der Waals surface area contributed by atoms with E-state index in [4.69, 9.17) is 21.1 Å². The van der Waals surface area contributed by atoms with Crippen molar-refractivity contribution in [3.05, 3.63) is 34.9 Å². The zero-order valence-corrected chi connectivity index (χ0v) is 12.2. The highest BCUT2D eigenvalue weighted by Gasteiger charge is 2.67. The van der Waals surface area contributed by atoms with Crippen LogP contribution in [0, 0.1) is 5.92 Å². The maximum atomic E-state index is 12.2. The maximum Gasteiger partial charge on any atom is 0.341 e. The summed E-state index contributed by atoms with van der Waals surface area (Å²) in [6.07, 6.45) is 0.551. The van der Waals surface area contributed by atoms with Gasteiger partial charge in [-0.3, -0.25) is 0 Å². The van der Waals surface area contributed by atoms with Crippen molar-refractivity contribution in [2.24, 2.45) is 5.92 Å². The Hall–Kier alpha value is -1.06. The van der Waals surface area contributed by atoms with E-state index in [1.165, 1.54) is 0 Å². The third kappa shape index (κ3) is 2.37. The van der Waals surface area contributed by atoms with Crippen LogP contribution in [-0.4, -0.2) is 18.2 Å². The topological polar surface area (TPSA) is 38.8 Å². The van der Waals surface area contributed by atoms with E-state index in [2.05, 4.69) is 0 Å². The molecule has 0 amide bonds. The van der Waals surface area contributed by atoms with Gasteiger partial charge < -0.3 is 9.47 Å². The van der Waals surface area contributed by atoms with E-state index in [-0.39, 0.29) is 18.0 Å². The Kier molecular flexibility index (Phi) is 4.16. The number of carbonyl (C=O) groups excluding carboxylic acids is 1. The van der Waals surface area contributed by atoms with Crippen molar-refractivity contribution < 1.29 is 14.3 Å². The zero-order valence-electron chi connectivity index (χ0n) is 11.5. The van der Waals surface area contributed by atoms with Crippen molar-refractivity contribution in [3.63, 3.8) is 0 Å². The number of esters is 1. The number of halogens is 1. The Morgan fingerprint density at radius 2 is 2.16 bits per heavy atom. The molecule has 0 saturated carbocycles. The molecule has 3 unspecified atom stereocenters.